The van der Waals surface area contributed by atoms with E-state index in [2.05, 4.69) is 19.2 Å². The van der Waals surface area contributed by atoms with Gasteiger partial charge in [-0.2, -0.15) is 0 Å². The van der Waals surface area contributed by atoms with Gasteiger partial charge in [0.15, 0.2) is 5.78 Å². The zero-order valence-corrected chi connectivity index (χ0v) is 21.7. The Kier molecular flexibility index (Phi) is 6.46. The molecule has 0 radical (unpaired) electrons. The van der Waals surface area contributed by atoms with E-state index in [1.54, 1.807) is 6.92 Å². The van der Waals surface area contributed by atoms with E-state index in [1.807, 2.05) is 41.3 Å². The third-order valence-corrected chi connectivity index (χ3v) is 10.4. The first-order valence-corrected chi connectivity index (χ1v) is 13.6. The summed E-state index contributed by atoms with van der Waals surface area (Å²) < 4.78 is 0. The molecular formula is C29H39N3O4. The van der Waals surface area contributed by atoms with Gasteiger partial charge in [-0.1, -0.05) is 32.0 Å². The van der Waals surface area contributed by atoms with Gasteiger partial charge in [-0.3, -0.25) is 19.7 Å². The first-order valence-electron chi connectivity index (χ1n) is 13.6. The van der Waals surface area contributed by atoms with Crippen molar-refractivity contribution >= 4 is 17.4 Å². The molecule has 3 fully saturated rings. The summed E-state index contributed by atoms with van der Waals surface area (Å²) in [5, 5.41) is 14.9. The maximum atomic E-state index is 14.2. The molecule has 194 valence electrons. The predicted octanol–water partition coefficient (Wildman–Crippen LogP) is 4.99. The average Bonchev–Trinajstić information content (AvgIpc) is 3.22. The molecule has 0 spiro atoms. The van der Waals surface area contributed by atoms with Crippen molar-refractivity contribution in [3.63, 3.8) is 0 Å². The Hall–Kier alpha value is -2.70. The molecule has 1 aromatic carbocycles. The van der Waals surface area contributed by atoms with Crippen molar-refractivity contribution in [2.75, 3.05) is 18.0 Å². The summed E-state index contributed by atoms with van der Waals surface area (Å²) in [6.07, 6.45) is 7.72. The van der Waals surface area contributed by atoms with Gasteiger partial charge in [-0.05, 0) is 67.4 Å². The number of nitro groups is 1. The van der Waals surface area contributed by atoms with Crippen molar-refractivity contribution in [2.45, 2.75) is 71.8 Å². The van der Waals surface area contributed by atoms with Crippen LogP contribution in [0.4, 0.5) is 5.69 Å². The van der Waals surface area contributed by atoms with E-state index in [0.29, 0.717) is 37.1 Å². The van der Waals surface area contributed by atoms with E-state index in [1.165, 1.54) is 0 Å². The Morgan fingerprint density at radius 2 is 1.92 bits per heavy atom. The van der Waals surface area contributed by atoms with Crippen LogP contribution in [-0.2, 0) is 9.59 Å². The molecule has 1 amide bonds. The topological polar surface area (TPSA) is 92.6 Å². The smallest absolute Gasteiger partial charge is 0.230 e. The molecule has 1 aliphatic heterocycles. The summed E-state index contributed by atoms with van der Waals surface area (Å²) >= 11 is 0. The van der Waals surface area contributed by atoms with E-state index < -0.39 is 6.04 Å². The molecule has 4 aliphatic rings. The number of hydrogen-bond donors (Lipinski definition) is 1. The molecule has 7 heteroatoms. The lowest BCUT2D eigenvalue weighted by Gasteiger charge is -2.58. The van der Waals surface area contributed by atoms with Crippen LogP contribution in [-0.4, -0.2) is 35.7 Å². The van der Waals surface area contributed by atoms with Crippen LogP contribution in [0.5, 0.6) is 0 Å². The maximum absolute atomic E-state index is 14.2. The van der Waals surface area contributed by atoms with Crippen LogP contribution < -0.4 is 10.2 Å². The van der Waals surface area contributed by atoms with E-state index in [9.17, 15) is 19.7 Å². The summed E-state index contributed by atoms with van der Waals surface area (Å²) in [5.41, 5.74) is 1.90. The normalized spacial score (nSPS) is 36.0. The standard InChI is InChI=1S/C29H39N3O4/c1-19(32(35)36)13-16-31(20-7-5-4-6-8-20)27(34)25-10-9-23-22-18-30-26-17-21(33)11-14-29(26,3)24(22)12-15-28(23,25)2/h4-8,17,19,22-25,30H,9-16,18H2,1-3H3/t19?,22-,23-,24-,25+,28-,29+/m0/s1. The predicted molar refractivity (Wildman–Crippen MR) is 139 cm³/mol. The minimum Gasteiger partial charge on any atom is -0.387 e. The van der Waals surface area contributed by atoms with Crippen molar-refractivity contribution < 1.29 is 14.5 Å². The first-order chi connectivity index (χ1) is 17.1. The molecule has 0 bridgehead atoms. The zero-order chi connectivity index (χ0) is 25.7. The number of para-hydroxylation sites is 1. The van der Waals surface area contributed by atoms with Gasteiger partial charge in [-0.15, -0.1) is 0 Å². The van der Waals surface area contributed by atoms with Crippen LogP contribution in [0.25, 0.3) is 0 Å². The van der Waals surface area contributed by atoms with Gasteiger partial charge in [-0.25, -0.2) is 0 Å². The number of nitrogens with one attached hydrogen (secondary N) is 1. The second-order valence-electron chi connectivity index (χ2n) is 12.1. The monoisotopic (exact) mass is 493 g/mol. The van der Waals surface area contributed by atoms with Crippen LogP contribution >= 0.6 is 0 Å². The molecule has 3 aliphatic carbocycles. The summed E-state index contributed by atoms with van der Waals surface area (Å²) in [4.78, 5) is 39.1. The lowest BCUT2D eigenvalue weighted by atomic mass is 9.50. The highest BCUT2D eigenvalue weighted by Gasteiger charge is 2.60. The maximum Gasteiger partial charge on any atom is 0.230 e. The number of hydrogen-bond acceptors (Lipinski definition) is 5. The molecule has 7 nitrogen and oxygen atoms in total. The molecule has 2 saturated carbocycles. The number of benzene rings is 1. The summed E-state index contributed by atoms with van der Waals surface area (Å²) in [6.45, 7) is 7.51. The Labute approximate surface area is 213 Å². The Balaban J connectivity index is 1.39. The Morgan fingerprint density at radius 1 is 1.17 bits per heavy atom. The largest absolute Gasteiger partial charge is 0.387 e. The SMILES string of the molecule is CC(CCN(C(=O)[C@H]1CC[C@H]2[C@@H]3CNC4=CC(=O)CC[C@]4(C)[C@H]3CC[C@]12C)c1ccccc1)[N+](=O)[O-]. The van der Waals surface area contributed by atoms with E-state index >= 15 is 0 Å². The van der Waals surface area contributed by atoms with Crippen molar-refractivity contribution in [1.29, 1.82) is 0 Å². The molecule has 5 rings (SSSR count). The molecule has 1 unspecified atom stereocenters. The van der Waals surface area contributed by atoms with Crippen LogP contribution in [0.2, 0.25) is 0 Å². The minimum absolute atomic E-state index is 0.0228. The van der Waals surface area contributed by atoms with Gasteiger partial charge >= 0.3 is 0 Å². The second kappa shape index (κ2) is 9.31. The fourth-order valence-corrected chi connectivity index (χ4v) is 8.13. The van der Waals surface area contributed by atoms with E-state index in [0.717, 1.165) is 50.0 Å². The number of ketones is 1. The third-order valence-electron chi connectivity index (χ3n) is 10.4. The number of amides is 1. The number of piperidine rings is 1. The van der Waals surface area contributed by atoms with Gasteiger partial charge in [0.1, 0.15) is 0 Å². The molecule has 36 heavy (non-hydrogen) atoms. The molecule has 1 aromatic rings. The fourth-order valence-electron chi connectivity index (χ4n) is 8.13. The average molecular weight is 494 g/mol. The van der Waals surface area contributed by atoms with Gasteiger partial charge in [0, 0.05) is 66.6 Å². The number of carbonyl (C=O) groups excluding carboxylic acids is 2. The molecule has 7 atom stereocenters. The molecule has 1 heterocycles. The number of nitrogens with zero attached hydrogens (tertiary/aromatic N) is 2. The first kappa shape index (κ1) is 25.0. The lowest BCUT2D eigenvalue weighted by molar-refractivity contribution is -0.518. The molecular weight excluding hydrogens is 454 g/mol. The van der Waals surface area contributed by atoms with Crippen LogP contribution in [0.1, 0.15) is 65.7 Å². The van der Waals surface area contributed by atoms with E-state index in [-0.39, 0.29) is 33.4 Å². The number of rotatable bonds is 6. The third kappa shape index (κ3) is 4.04. The lowest BCUT2D eigenvalue weighted by Crippen LogP contribution is -2.57. The van der Waals surface area contributed by atoms with Crippen molar-refractivity contribution in [1.82, 2.24) is 5.32 Å². The van der Waals surface area contributed by atoms with Crippen LogP contribution in [0.3, 0.4) is 0 Å². The Bertz CT molecular complexity index is 1070. The summed E-state index contributed by atoms with van der Waals surface area (Å²) in [6, 6.07) is 8.95. The van der Waals surface area contributed by atoms with Gasteiger partial charge in [0.2, 0.25) is 11.9 Å². The quantitative estimate of drug-likeness (QED) is 0.445. The van der Waals surface area contributed by atoms with E-state index in [4.69, 9.17) is 0 Å². The number of carbonyl (C=O) groups is 2. The second-order valence-corrected chi connectivity index (χ2v) is 12.1. The van der Waals surface area contributed by atoms with Crippen molar-refractivity contribution in [3.8, 4) is 0 Å². The highest BCUT2D eigenvalue weighted by Crippen LogP contribution is 2.64. The van der Waals surface area contributed by atoms with Gasteiger partial charge < -0.3 is 10.2 Å². The highest BCUT2D eigenvalue weighted by atomic mass is 16.6. The summed E-state index contributed by atoms with van der Waals surface area (Å²) in [7, 11) is 0. The molecule has 1 saturated heterocycles. The van der Waals surface area contributed by atoms with Crippen LogP contribution in [0, 0.1) is 44.6 Å². The Morgan fingerprint density at radius 3 is 2.64 bits per heavy atom. The number of anilines is 1. The number of fused-ring (bicyclic) bond motifs is 5. The van der Waals surface area contributed by atoms with Crippen LogP contribution in [0.15, 0.2) is 42.1 Å². The molecule has 1 N–H and O–H groups in total. The minimum atomic E-state index is -0.690. The van der Waals surface area contributed by atoms with Gasteiger partial charge in [0.25, 0.3) is 0 Å². The van der Waals surface area contributed by atoms with Crippen molar-refractivity contribution in [3.05, 3.63) is 52.2 Å². The fraction of sp³-hybridized carbons (Fsp3) is 0.655. The molecule has 0 aromatic heterocycles. The van der Waals surface area contributed by atoms with Crippen molar-refractivity contribution in [2.24, 2.45) is 34.5 Å². The highest BCUT2D eigenvalue weighted by molar-refractivity contribution is 5.96. The summed E-state index contributed by atoms with van der Waals surface area (Å²) in [5.74, 6) is 1.77. The van der Waals surface area contributed by atoms with Gasteiger partial charge in [0.05, 0.1) is 0 Å². The number of allylic oxidation sites excluding steroid dienone is 2. The zero-order valence-electron chi connectivity index (χ0n) is 21.7.